The molecule has 1 aliphatic rings. The van der Waals surface area contributed by atoms with E-state index in [2.05, 4.69) is 52.1 Å². The molecule has 4 rings (SSSR count). The highest BCUT2D eigenvalue weighted by Gasteiger charge is 2.20. The summed E-state index contributed by atoms with van der Waals surface area (Å²) in [6.07, 6.45) is 0. The van der Waals surface area contributed by atoms with Crippen molar-refractivity contribution in [1.29, 1.82) is 0 Å². The van der Waals surface area contributed by atoms with Crippen molar-refractivity contribution >= 4 is 45.8 Å². The zero-order valence-corrected chi connectivity index (χ0v) is 20.4. The Kier molecular flexibility index (Phi) is 7.42. The van der Waals surface area contributed by atoms with Gasteiger partial charge in [-0.15, -0.1) is 0 Å². The van der Waals surface area contributed by atoms with Crippen LogP contribution in [0.15, 0.2) is 24.3 Å². The number of piperazine rings is 1. The molecule has 0 atom stereocenters. The average Bonchev–Trinajstić information content (AvgIpc) is 2.79. The van der Waals surface area contributed by atoms with Gasteiger partial charge in [0, 0.05) is 75.9 Å². The van der Waals surface area contributed by atoms with Crippen molar-refractivity contribution in [2.75, 3.05) is 75.1 Å². The number of aryl methyl sites for hydroxylation is 1. The Morgan fingerprint density at radius 3 is 2.58 bits per heavy atom. The first-order valence-corrected chi connectivity index (χ1v) is 11.6. The molecule has 3 aromatic rings. The van der Waals surface area contributed by atoms with Gasteiger partial charge in [0.15, 0.2) is 0 Å². The molecule has 9 nitrogen and oxygen atoms in total. The van der Waals surface area contributed by atoms with E-state index in [1.807, 2.05) is 40.1 Å². The number of pyridine rings is 1. The molecule has 176 valence electrons. The summed E-state index contributed by atoms with van der Waals surface area (Å²) in [4.78, 5) is 24.6. The number of benzene rings is 1. The summed E-state index contributed by atoms with van der Waals surface area (Å²) in [5.41, 5.74) is 3.91. The topological polar surface area (TPSA) is 82.5 Å². The van der Waals surface area contributed by atoms with Crippen molar-refractivity contribution in [3.05, 3.63) is 35.2 Å². The highest BCUT2D eigenvalue weighted by molar-refractivity contribution is 6.28. The molecule has 1 aromatic carbocycles. The fourth-order valence-electron chi connectivity index (χ4n) is 3.96. The fraction of sp³-hybridized carbons (Fsp3) is 0.478. The van der Waals surface area contributed by atoms with E-state index >= 15 is 0 Å². The van der Waals surface area contributed by atoms with Crippen LogP contribution in [0.2, 0.25) is 5.28 Å². The van der Waals surface area contributed by atoms with Gasteiger partial charge < -0.3 is 19.9 Å². The van der Waals surface area contributed by atoms with Gasteiger partial charge >= 0.3 is 0 Å². The van der Waals surface area contributed by atoms with Gasteiger partial charge in [-0.1, -0.05) is 0 Å². The molecule has 1 saturated heterocycles. The first-order valence-electron chi connectivity index (χ1n) is 11.3. The van der Waals surface area contributed by atoms with Gasteiger partial charge in [-0.2, -0.15) is 15.0 Å². The Morgan fingerprint density at radius 2 is 1.85 bits per heavy atom. The molecule has 0 saturated carbocycles. The molecule has 10 heteroatoms. The quantitative estimate of drug-likeness (QED) is 0.498. The summed E-state index contributed by atoms with van der Waals surface area (Å²) in [6.45, 7) is 10.0. The lowest BCUT2D eigenvalue weighted by molar-refractivity contribution is 0.111. The highest BCUT2D eigenvalue weighted by Crippen LogP contribution is 2.29. The van der Waals surface area contributed by atoms with E-state index in [0.717, 1.165) is 73.9 Å². The third-order valence-corrected chi connectivity index (χ3v) is 5.83. The van der Waals surface area contributed by atoms with Crippen molar-refractivity contribution in [1.82, 2.24) is 24.8 Å². The van der Waals surface area contributed by atoms with Crippen LogP contribution in [0, 0.1) is 6.92 Å². The van der Waals surface area contributed by atoms with Crippen LogP contribution in [0.5, 0.6) is 0 Å². The number of hydrogen-bond donors (Lipinski definition) is 1. The Hall–Kier alpha value is -2.75. The second kappa shape index (κ2) is 10.5. The SMILES string of the molecule is CCOCCN1CCN(c2nc(Cl)nc(Nc3ccc4nc(C)cc(N(C)C)c4c3)n2)CC1. The minimum Gasteiger partial charge on any atom is -0.380 e. The molecule has 0 radical (unpaired) electrons. The minimum atomic E-state index is 0.174. The van der Waals surface area contributed by atoms with Crippen molar-refractivity contribution in [3.63, 3.8) is 0 Å². The molecule has 1 aliphatic heterocycles. The van der Waals surface area contributed by atoms with Crippen molar-refractivity contribution in [2.24, 2.45) is 0 Å². The average molecular weight is 471 g/mol. The summed E-state index contributed by atoms with van der Waals surface area (Å²) >= 11 is 6.26. The molecule has 0 amide bonds. The number of anilines is 4. The zero-order chi connectivity index (χ0) is 23.4. The van der Waals surface area contributed by atoms with Crippen LogP contribution in [0.25, 0.3) is 10.9 Å². The summed E-state index contributed by atoms with van der Waals surface area (Å²) in [7, 11) is 4.06. The monoisotopic (exact) mass is 470 g/mol. The van der Waals surface area contributed by atoms with Crippen LogP contribution in [0.4, 0.5) is 23.3 Å². The van der Waals surface area contributed by atoms with Crippen LogP contribution >= 0.6 is 11.6 Å². The molecule has 1 fully saturated rings. The van der Waals surface area contributed by atoms with E-state index in [0.29, 0.717) is 11.9 Å². The van der Waals surface area contributed by atoms with Gasteiger partial charge in [0.25, 0.3) is 0 Å². The van der Waals surface area contributed by atoms with E-state index < -0.39 is 0 Å². The molecule has 0 bridgehead atoms. The van der Waals surface area contributed by atoms with E-state index in [1.165, 1.54) is 0 Å². The zero-order valence-electron chi connectivity index (χ0n) is 19.7. The molecular weight excluding hydrogens is 440 g/mol. The van der Waals surface area contributed by atoms with Gasteiger partial charge in [-0.3, -0.25) is 9.88 Å². The number of hydrogen-bond acceptors (Lipinski definition) is 9. The van der Waals surface area contributed by atoms with Crippen LogP contribution in [-0.2, 0) is 4.74 Å². The number of nitrogens with one attached hydrogen (secondary N) is 1. The van der Waals surface area contributed by atoms with E-state index in [1.54, 1.807) is 0 Å². The number of halogens is 1. The Bertz CT molecular complexity index is 1100. The molecule has 2 aromatic heterocycles. The third-order valence-electron chi connectivity index (χ3n) is 5.66. The normalized spacial score (nSPS) is 14.6. The molecule has 0 aliphatic carbocycles. The highest BCUT2D eigenvalue weighted by atomic mass is 35.5. The first-order chi connectivity index (χ1) is 15.9. The smallest absolute Gasteiger partial charge is 0.233 e. The number of ether oxygens (including phenoxy) is 1. The van der Waals surface area contributed by atoms with E-state index in [-0.39, 0.29) is 5.28 Å². The standard InChI is InChI=1S/C23H31ClN8O/c1-5-33-13-12-31-8-10-32(11-9-31)23-28-21(24)27-22(29-23)26-17-6-7-19-18(15-17)20(30(3)4)14-16(2)25-19/h6-7,14-15H,5,8-13H2,1-4H3,(H,26,27,28,29). The Balaban J connectivity index is 1.50. The van der Waals surface area contributed by atoms with E-state index in [9.17, 15) is 0 Å². The summed E-state index contributed by atoms with van der Waals surface area (Å²) < 4.78 is 5.47. The van der Waals surface area contributed by atoms with Crippen LogP contribution < -0.4 is 15.1 Å². The maximum atomic E-state index is 6.26. The molecule has 0 spiro atoms. The maximum absolute atomic E-state index is 6.26. The lowest BCUT2D eigenvalue weighted by Gasteiger charge is -2.34. The summed E-state index contributed by atoms with van der Waals surface area (Å²) in [6, 6.07) is 8.12. The minimum absolute atomic E-state index is 0.174. The summed E-state index contributed by atoms with van der Waals surface area (Å²) in [5, 5.41) is 4.52. The van der Waals surface area contributed by atoms with Crippen LogP contribution in [0.3, 0.4) is 0 Å². The maximum Gasteiger partial charge on any atom is 0.233 e. The molecule has 3 heterocycles. The largest absolute Gasteiger partial charge is 0.380 e. The van der Waals surface area contributed by atoms with Gasteiger partial charge in [0.1, 0.15) is 0 Å². The fourth-order valence-corrected chi connectivity index (χ4v) is 4.12. The predicted molar refractivity (Wildman–Crippen MR) is 134 cm³/mol. The van der Waals surface area contributed by atoms with Crippen molar-refractivity contribution in [2.45, 2.75) is 13.8 Å². The molecule has 1 N–H and O–H groups in total. The van der Waals surface area contributed by atoms with Gasteiger partial charge in [-0.25, -0.2) is 0 Å². The predicted octanol–water partition coefficient (Wildman–Crippen LogP) is 3.35. The second-order valence-electron chi connectivity index (χ2n) is 8.29. The molecule has 33 heavy (non-hydrogen) atoms. The van der Waals surface area contributed by atoms with E-state index in [4.69, 9.17) is 16.3 Å². The third kappa shape index (κ3) is 5.79. The van der Waals surface area contributed by atoms with Crippen molar-refractivity contribution < 1.29 is 4.74 Å². The lowest BCUT2D eigenvalue weighted by Crippen LogP contribution is -2.48. The molecule has 0 unspecified atom stereocenters. The van der Waals surface area contributed by atoms with Gasteiger partial charge in [-0.05, 0) is 49.7 Å². The Labute approximate surface area is 199 Å². The van der Waals surface area contributed by atoms with Crippen LogP contribution in [0.1, 0.15) is 12.6 Å². The van der Waals surface area contributed by atoms with Gasteiger partial charge in [0.05, 0.1) is 12.1 Å². The number of rotatable bonds is 8. The Morgan fingerprint density at radius 1 is 1.06 bits per heavy atom. The first kappa shape index (κ1) is 23.4. The number of nitrogens with zero attached hydrogens (tertiary/aromatic N) is 7. The summed E-state index contributed by atoms with van der Waals surface area (Å²) in [5.74, 6) is 1.02. The van der Waals surface area contributed by atoms with Gasteiger partial charge in [0.2, 0.25) is 17.2 Å². The number of aromatic nitrogens is 4. The molecular formula is C23H31ClN8O. The van der Waals surface area contributed by atoms with Crippen molar-refractivity contribution in [3.8, 4) is 0 Å². The second-order valence-corrected chi connectivity index (χ2v) is 8.63. The number of fused-ring (bicyclic) bond motifs is 1. The van der Waals surface area contributed by atoms with Crippen LogP contribution in [-0.4, -0.2) is 84.9 Å². The lowest BCUT2D eigenvalue weighted by atomic mass is 10.1.